The average molecular weight is 389 g/mol. The smallest absolute Gasteiger partial charge is 0.219 e. The van der Waals surface area contributed by atoms with Gasteiger partial charge in [-0.15, -0.1) is 0 Å². The third-order valence-corrected chi connectivity index (χ3v) is 5.76. The van der Waals surface area contributed by atoms with Crippen molar-refractivity contribution in [1.29, 1.82) is 0 Å². The number of aliphatic hydroxyl groups is 1. The van der Waals surface area contributed by atoms with E-state index in [1.165, 1.54) is 0 Å². The minimum atomic E-state index is -1.14. The van der Waals surface area contributed by atoms with Crippen LogP contribution in [0.25, 0.3) is 0 Å². The van der Waals surface area contributed by atoms with Gasteiger partial charge in [0.05, 0.1) is 6.54 Å². The van der Waals surface area contributed by atoms with E-state index in [0.29, 0.717) is 24.9 Å². The minimum Gasteiger partial charge on any atom is -0.490 e. The number of carbonyl (C=O) groups excluding carboxylic acids is 2. The zero-order valence-electron chi connectivity index (χ0n) is 16.8. The molecule has 0 spiro atoms. The van der Waals surface area contributed by atoms with Crippen molar-refractivity contribution in [1.82, 2.24) is 14.7 Å². The molecule has 1 aromatic rings. The van der Waals surface area contributed by atoms with Gasteiger partial charge in [-0.1, -0.05) is 18.2 Å². The van der Waals surface area contributed by atoms with Crippen molar-refractivity contribution in [2.45, 2.75) is 38.3 Å². The van der Waals surface area contributed by atoms with Crippen molar-refractivity contribution < 1.29 is 19.4 Å². The average Bonchev–Trinajstić information content (AvgIpc) is 2.87. The van der Waals surface area contributed by atoms with Gasteiger partial charge in [-0.3, -0.25) is 14.5 Å². The molecule has 3 rings (SSSR count). The fraction of sp³-hybridized carbons (Fsp3) is 0.619. The van der Waals surface area contributed by atoms with E-state index in [9.17, 15) is 14.7 Å². The van der Waals surface area contributed by atoms with Crippen LogP contribution in [0.2, 0.25) is 0 Å². The second-order valence-corrected chi connectivity index (χ2v) is 7.97. The Morgan fingerprint density at radius 1 is 1.00 bits per heavy atom. The Balaban J connectivity index is 1.68. The third-order valence-electron chi connectivity index (χ3n) is 5.76. The van der Waals surface area contributed by atoms with Gasteiger partial charge in [0.25, 0.3) is 0 Å². The molecule has 0 radical (unpaired) electrons. The summed E-state index contributed by atoms with van der Waals surface area (Å²) in [5.41, 5.74) is -1.14. The van der Waals surface area contributed by atoms with Crippen molar-refractivity contribution >= 4 is 11.8 Å². The Morgan fingerprint density at radius 2 is 1.64 bits per heavy atom. The summed E-state index contributed by atoms with van der Waals surface area (Å²) in [4.78, 5) is 29.5. The molecular weight excluding hydrogens is 358 g/mol. The zero-order chi connectivity index (χ0) is 20.1. The molecule has 2 fully saturated rings. The zero-order valence-corrected chi connectivity index (χ0v) is 16.8. The highest BCUT2D eigenvalue weighted by Gasteiger charge is 2.39. The van der Waals surface area contributed by atoms with Crippen LogP contribution in [-0.2, 0) is 9.59 Å². The Bertz CT molecular complexity index is 675. The van der Waals surface area contributed by atoms with Crippen LogP contribution < -0.4 is 4.74 Å². The maximum atomic E-state index is 12.0. The number of para-hydroxylation sites is 1. The molecule has 2 amide bonds. The molecular formula is C21H31N3O4. The van der Waals surface area contributed by atoms with Crippen LogP contribution in [-0.4, -0.2) is 89.1 Å². The fourth-order valence-corrected chi connectivity index (χ4v) is 4.14. The quantitative estimate of drug-likeness (QED) is 0.831. The summed E-state index contributed by atoms with van der Waals surface area (Å²) in [5, 5.41) is 11.3. The Morgan fingerprint density at radius 3 is 2.25 bits per heavy atom. The Kier molecular flexibility index (Phi) is 6.57. The van der Waals surface area contributed by atoms with Crippen molar-refractivity contribution in [3.8, 4) is 5.75 Å². The highest BCUT2D eigenvalue weighted by atomic mass is 16.5. The van der Waals surface area contributed by atoms with Gasteiger partial charge >= 0.3 is 0 Å². The molecule has 2 saturated heterocycles. The van der Waals surface area contributed by atoms with Gasteiger partial charge in [-0.05, 0) is 25.0 Å². The van der Waals surface area contributed by atoms with Crippen LogP contribution in [0.4, 0.5) is 0 Å². The number of ether oxygens (including phenoxy) is 1. The molecule has 0 aromatic heterocycles. The molecule has 28 heavy (non-hydrogen) atoms. The molecule has 2 aliphatic heterocycles. The highest BCUT2D eigenvalue weighted by Crippen LogP contribution is 2.23. The molecule has 0 bridgehead atoms. The number of hydrogen-bond donors (Lipinski definition) is 1. The summed E-state index contributed by atoms with van der Waals surface area (Å²) < 4.78 is 5.85. The Labute approximate surface area is 166 Å². The van der Waals surface area contributed by atoms with Crippen molar-refractivity contribution in [3.63, 3.8) is 0 Å². The van der Waals surface area contributed by atoms with Crippen LogP contribution in [0, 0.1) is 0 Å². The lowest BCUT2D eigenvalue weighted by Crippen LogP contribution is -2.54. The van der Waals surface area contributed by atoms with Crippen LogP contribution in [0.3, 0.4) is 0 Å². The lowest BCUT2D eigenvalue weighted by molar-refractivity contribution is -0.132. The number of amides is 2. The minimum absolute atomic E-state index is 0.0358. The van der Waals surface area contributed by atoms with Gasteiger partial charge in [0.1, 0.15) is 18.0 Å². The maximum Gasteiger partial charge on any atom is 0.219 e. The van der Waals surface area contributed by atoms with E-state index < -0.39 is 5.60 Å². The number of β-amino-alcohol motifs (C(OH)–C–C–N with tert-alkyl or cyclic N) is 1. The fourth-order valence-electron chi connectivity index (χ4n) is 4.14. The number of benzene rings is 1. The van der Waals surface area contributed by atoms with Crippen LogP contribution >= 0.6 is 0 Å². The van der Waals surface area contributed by atoms with Crippen molar-refractivity contribution in [2.75, 3.05) is 45.9 Å². The molecule has 0 unspecified atom stereocenters. The predicted octanol–water partition coefficient (Wildman–Crippen LogP) is 0.972. The van der Waals surface area contributed by atoms with Gasteiger partial charge in [-0.25, -0.2) is 0 Å². The lowest BCUT2D eigenvalue weighted by Gasteiger charge is -2.40. The molecule has 7 nitrogen and oxygen atoms in total. The number of hydrogen-bond acceptors (Lipinski definition) is 5. The van der Waals surface area contributed by atoms with E-state index in [4.69, 9.17) is 4.74 Å². The summed E-state index contributed by atoms with van der Waals surface area (Å²) >= 11 is 0. The van der Waals surface area contributed by atoms with Gasteiger partial charge in [0, 0.05) is 52.6 Å². The van der Waals surface area contributed by atoms with Gasteiger partial charge in [0.15, 0.2) is 0 Å². The topological polar surface area (TPSA) is 73.3 Å². The van der Waals surface area contributed by atoms with E-state index in [1.807, 2.05) is 35.2 Å². The largest absolute Gasteiger partial charge is 0.490 e. The predicted molar refractivity (Wildman–Crippen MR) is 106 cm³/mol. The summed E-state index contributed by atoms with van der Waals surface area (Å²) in [7, 11) is 0. The number of nitrogens with zero attached hydrogens (tertiary/aromatic N) is 3. The number of piperidine rings is 1. The monoisotopic (exact) mass is 389 g/mol. The van der Waals surface area contributed by atoms with E-state index in [1.54, 1.807) is 18.7 Å². The second kappa shape index (κ2) is 8.92. The second-order valence-electron chi connectivity index (χ2n) is 7.97. The maximum absolute atomic E-state index is 12.0. The van der Waals surface area contributed by atoms with Crippen molar-refractivity contribution in [3.05, 3.63) is 30.3 Å². The molecule has 154 valence electrons. The van der Waals surface area contributed by atoms with Crippen molar-refractivity contribution in [2.24, 2.45) is 0 Å². The summed E-state index contributed by atoms with van der Waals surface area (Å²) in [5.74, 6) is 0.784. The first-order valence-corrected chi connectivity index (χ1v) is 10.0. The molecule has 0 saturated carbocycles. The van der Waals surface area contributed by atoms with Crippen LogP contribution in [0.5, 0.6) is 5.75 Å². The van der Waals surface area contributed by atoms with E-state index in [-0.39, 0.29) is 25.0 Å². The highest BCUT2D eigenvalue weighted by molar-refractivity contribution is 5.73. The van der Waals surface area contributed by atoms with Gasteiger partial charge in [0.2, 0.25) is 11.8 Å². The molecule has 1 N–H and O–H groups in total. The molecule has 2 aliphatic rings. The molecule has 1 aromatic carbocycles. The summed E-state index contributed by atoms with van der Waals surface area (Å²) in [6, 6.07) is 9.72. The SMILES string of the molecule is CC(=O)N1CCC(N2CCN(C(C)=O)C[C@](O)(COc3ccccc3)C2)CC1. The van der Waals surface area contributed by atoms with E-state index in [0.717, 1.165) is 32.5 Å². The van der Waals surface area contributed by atoms with Crippen LogP contribution in [0.1, 0.15) is 26.7 Å². The first-order valence-electron chi connectivity index (χ1n) is 10.0. The first-order chi connectivity index (χ1) is 13.4. The van der Waals surface area contributed by atoms with Crippen LogP contribution in [0.15, 0.2) is 30.3 Å². The van der Waals surface area contributed by atoms with Gasteiger partial charge in [-0.2, -0.15) is 0 Å². The lowest BCUT2D eigenvalue weighted by atomic mass is 9.99. The first kappa shape index (κ1) is 20.6. The molecule has 2 heterocycles. The summed E-state index contributed by atoms with van der Waals surface area (Å²) in [6.07, 6.45) is 1.77. The summed E-state index contributed by atoms with van der Waals surface area (Å²) in [6.45, 7) is 6.79. The molecule has 7 heteroatoms. The number of likely N-dealkylation sites (tertiary alicyclic amines) is 1. The molecule has 0 aliphatic carbocycles. The normalized spacial score (nSPS) is 24.7. The third kappa shape index (κ3) is 5.23. The van der Waals surface area contributed by atoms with E-state index >= 15 is 0 Å². The number of rotatable bonds is 4. The van der Waals surface area contributed by atoms with E-state index in [2.05, 4.69) is 4.90 Å². The number of carbonyl (C=O) groups is 2. The van der Waals surface area contributed by atoms with Gasteiger partial charge < -0.3 is 19.6 Å². The standard InChI is InChI=1S/C21H31N3O4/c1-17(25)22-10-8-19(9-11-22)24-13-12-23(18(2)26)14-21(27,15-24)16-28-20-6-4-3-5-7-20/h3-7,19,27H,8-16H2,1-2H3/t21-/m1/s1. The molecule has 1 atom stereocenters. The Hall–Kier alpha value is -2.12.